The van der Waals surface area contributed by atoms with Crippen LogP contribution in [0.4, 0.5) is 10.8 Å². The third-order valence-electron chi connectivity index (χ3n) is 4.93. The van der Waals surface area contributed by atoms with E-state index in [9.17, 15) is 9.59 Å². The van der Waals surface area contributed by atoms with E-state index in [1.807, 2.05) is 42.6 Å². The molecule has 0 bridgehead atoms. The molecule has 166 valence electrons. The van der Waals surface area contributed by atoms with Crippen LogP contribution >= 0.6 is 46.3 Å². The average molecular weight is 506 g/mol. The van der Waals surface area contributed by atoms with Crippen LogP contribution in [-0.2, 0) is 9.59 Å². The molecule has 32 heavy (non-hydrogen) atoms. The Hall–Kier alpha value is -2.06. The molecule has 4 rings (SSSR count). The van der Waals surface area contributed by atoms with E-state index in [-0.39, 0.29) is 23.0 Å². The zero-order valence-electron chi connectivity index (χ0n) is 17.2. The maximum Gasteiger partial charge on any atom is 0.239 e. The number of rotatable bonds is 8. The number of amides is 2. The normalized spacial score (nSPS) is 14.1. The maximum absolute atomic E-state index is 12.9. The number of anilines is 2. The monoisotopic (exact) mass is 505 g/mol. The lowest BCUT2D eigenvalue weighted by Crippen LogP contribution is -2.24. The van der Waals surface area contributed by atoms with Gasteiger partial charge < -0.3 is 10.6 Å². The van der Waals surface area contributed by atoms with E-state index in [1.54, 1.807) is 12.1 Å². The number of nitrogens with zero attached hydrogens (tertiary/aromatic N) is 1. The van der Waals surface area contributed by atoms with Crippen molar-refractivity contribution in [3.8, 4) is 11.3 Å². The Labute approximate surface area is 204 Å². The van der Waals surface area contributed by atoms with E-state index < -0.39 is 0 Å². The highest BCUT2D eigenvalue weighted by molar-refractivity contribution is 8.00. The number of carbonyl (C=O) groups is 2. The molecule has 0 spiro atoms. The zero-order valence-corrected chi connectivity index (χ0v) is 20.4. The average Bonchev–Trinajstić information content (AvgIpc) is 3.52. The molecule has 1 heterocycles. The number of thiazole rings is 1. The number of thioether (sulfide) groups is 1. The van der Waals surface area contributed by atoms with Gasteiger partial charge in [0.25, 0.3) is 0 Å². The summed E-state index contributed by atoms with van der Waals surface area (Å²) < 4.78 is 0. The van der Waals surface area contributed by atoms with Crippen LogP contribution in [0.5, 0.6) is 0 Å². The number of hydrogen-bond donors (Lipinski definition) is 2. The molecular weight excluding hydrogens is 485 g/mol. The lowest BCUT2D eigenvalue weighted by molar-refractivity contribution is -0.117. The van der Waals surface area contributed by atoms with E-state index in [0.717, 1.165) is 29.0 Å². The Morgan fingerprint density at radius 3 is 2.72 bits per heavy atom. The fourth-order valence-electron chi connectivity index (χ4n) is 3.06. The van der Waals surface area contributed by atoms with E-state index in [0.29, 0.717) is 27.3 Å². The molecule has 2 N–H and O–H groups in total. The molecule has 1 fully saturated rings. The van der Waals surface area contributed by atoms with Crippen LogP contribution < -0.4 is 10.6 Å². The predicted octanol–water partition coefficient (Wildman–Crippen LogP) is 6.97. The summed E-state index contributed by atoms with van der Waals surface area (Å²) in [7, 11) is 0. The number of aromatic nitrogens is 1. The summed E-state index contributed by atoms with van der Waals surface area (Å²) in [5, 5.41) is 9.00. The molecule has 2 amide bonds. The SMILES string of the molecule is CCC(Sc1cccc(NC(=O)C2CC2)c1)C(=O)Nc1nc(-c2ccc(Cl)cc2Cl)cs1. The minimum Gasteiger partial charge on any atom is -0.326 e. The van der Waals surface area contributed by atoms with Crippen molar-refractivity contribution in [2.75, 3.05) is 10.6 Å². The Morgan fingerprint density at radius 2 is 2.00 bits per heavy atom. The molecule has 9 heteroatoms. The van der Waals surface area contributed by atoms with Crippen LogP contribution in [0.2, 0.25) is 10.0 Å². The Balaban J connectivity index is 1.40. The third kappa shape index (κ3) is 5.84. The van der Waals surface area contributed by atoms with E-state index in [4.69, 9.17) is 23.2 Å². The highest BCUT2D eigenvalue weighted by atomic mass is 35.5. The standard InChI is InChI=1S/C23H21Cl2N3O2S2/c1-2-20(32-16-5-3-4-15(11-16)26-21(29)13-6-7-13)22(30)28-23-27-19(12-31-23)17-9-8-14(24)10-18(17)25/h3-5,8-13,20H,2,6-7H2,1H3,(H,26,29)(H,27,28,30). The van der Waals surface area contributed by atoms with Gasteiger partial charge in [-0.2, -0.15) is 0 Å². The number of halogens is 2. The lowest BCUT2D eigenvalue weighted by Gasteiger charge is -2.14. The summed E-state index contributed by atoms with van der Waals surface area (Å²) in [6.45, 7) is 1.97. The Kier molecular flexibility index (Phi) is 7.40. The number of nitrogens with one attached hydrogen (secondary N) is 2. The molecule has 0 aliphatic heterocycles. The van der Waals surface area contributed by atoms with Crippen molar-refractivity contribution in [3.05, 3.63) is 57.9 Å². The highest BCUT2D eigenvalue weighted by Gasteiger charge is 2.29. The summed E-state index contributed by atoms with van der Waals surface area (Å²) in [4.78, 5) is 30.3. The Morgan fingerprint density at radius 1 is 1.19 bits per heavy atom. The summed E-state index contributed by atoms with van der Waals surface area (Å²) in [5.74, 6) is 0.0942. The van der Waals surface area contributed by atoms with Crippen molar-refractivity contribution in [1.29, 1.82) is 0 Å². The second-order valence-electron chi connectivity index (χ2n) is 7.46. The lowest BCUT2D eigenvalue weighted by atomic mass is 10.2. The second-order valence-corrected chi connectivity index (χ2v) is 10.4. The smallest absolute Gasteiger partial charge is 0.239 e. The summed E-state index contributed by atoms with van der Waals surface area (Å²) in [6, 6.07) is 12.8. The van der Waals surface area contributed by atoms with Crippen LogP contribution in [0.3, 0.4) is 0 Å². The predicted molar refractivity (Wildman–Crippen MR) is 134 cm³/mol. The van der Waals surface area contributed by atoms with Crippen LogP contribution in [0.15, 0.2) is 52.7 Å². The molecule has 3 aromatic rings. The number of benzene rings is 2. The van der Waals surface area contributed by atoms with Crippen molar-refractivity contribution in [3.63, 3.8) is 0 Å². The quantitative estimate of drug-likeness (QED) is 0.324. The summed E-state index contributed by atoms with van der Waals surface area (Å²) in [5.41, 5.74) is 2.21. The molecule has 1 saturated carbocycles. The molecule has 5 nitrogen and oxygen atoms in total. The van der Waals surface area contributed by atoms with Gasteiger partial charge in [0.1, 0.15) is 0 Å². The minimum atomic E-state index is -0.296. The second kappa shape index (κ2) is 10.3. The molecular formula is C23H21Cl2N3O2S2. The van der Waals surface area contributed by atoms with Gasteiger partial charge in [-0.05, 0) is 55.7 Å². The third-order valence-corrected chi connectivity index (χ3v) is 7.60. The van der Waals surface area contributed by atoms with Gasteiger partial charge in [-0.3, -0.25) is 9.59 Å². The number of hydrogen-bond acceptors (Lipinski definition) is 5. The van der Waals surface area contributed by atoms with Crippen molar-refractivity contribution in [1.82, 2.24) is 4.98 Å². The molecule has 0 radical (unpaired) electrons. The van der Waals surface area contributed by atoms with Gasteiger partial charge in [-0.25, -0.2) is 4.98 Å². The fraction of sp³-hybridized carbons (Fsp3) is 0.261. The molecule has 1 aromatic heterocycles. The van der Waals surface area contributed by atoms with Crippen molar-refractivity contribution < 1.29 is 9.59 Å². The maximum atomic E-state index is 12.9. The molecule has 1 aliphatic carbocycles. The topological polar surface area (TPSA) is 71.1 Å². The van der Waals surface area contributed by atoms with Gasteiger partial charge in [-0.15, -0.1) is 23.1 Å². The van der Waals surface area contributed by atoms with Gasteiger partial charge in [-0.1, -0.05) is 36.2 Å². The molecule has 1 aliphatic rings. The van der Waals surface area contributed by atoms with Gasteiger partial charge in [0.15, 0.2) is 5.13 Å². The first kappa shape index (κ1) is 23.1. The first-order chi connectivity index (χ1) is 15.4. The summed E-state index contributed by atoms with van der Waals surface area (Å²) in [6.07, 6.45) is 2.57. The Bertz CT molecular complexity index is 1150. The first-order valence-electron chi connectivity index (χ1n) is 10.2. The molecule has 2 aromatic carbocycles. The molecule has 1 unspecified atom stereocenters. The number of carbonyl (C=O) groups excluding carboxylic acids is 2. The van der Waals surface area contributed by atoms with E-state index >= 15 is 0 Å². The van der Waals surface area contributed by atoms with Crippen molar-refractivity contribution in [2.24, 2.45) is 5.92 Å². The molecule has 1 atom stereocenters. The van der Waals surface area contributed by atoms with Crippen LogP contribution in [-0.4, -0.2) is 22.0 Å². The van der Waals surface area contributed by atoms with Gasteiger partial charge in [0.05, 0.1) is 16.0 Å². The highest BCUT2D eigenvalue weighted by Crippen LogP contribution is 2.34. The van der Waals surface area contributed by atoms with Crippen molar-refractivity contribution >= 4 is 68.9 Å². The minimum absolute atomic E-state index is 0.0669. The van der Waals surface area contributed by atoms with E-state index in [1.165, 1.54) is 23.1 Å². The summed E-state index contributed by atoms with van der Waals surface area (Å²) >= 11 is 15.0. The van der Waals surface area contributed by atoms with Crippen LogP contribution in [0.25, 0.3) is 11.3 Å². The largest absolute Gasteiger partial charge is 0.326 e. The van der Waals surface area contributed by atoms with Crippen molar-refractivity contribution in [2.45, 2.75) is 36.3 Å². The zero-order chi connectivity index (χ0) is 22.7. The van der Waals surface area contributed by atoms with Crippen LogP contribution in [0.1, 0.15) is 26.2 Å². The van der Waals surface area contributed by atoms with E-state index in [2.05, 4.69) is 15.6 Å². The first-order valence-corrected chi connectivity index (χ1v) is 12.7. The fourth-order valence-corrected chi connectivity index (χ4v) is 5.29. The molecule has 0 saturated heterocycles. The van der Waals surface area contributed by atoms with Crippen LogP contribution in [0, 0.1) is 5.92 Å². The van der Waals surface area contributed by atoms with Gasteiger partial charge in [0.2, 0.25) is 11.8 Å². The van der Waals surface area contributed by atoms with Gasteiger partial charge >= 0.3 is 0 Å². The van der Waals surface area contributed by atoms with Gasteiger partial charge in [0, 0.05) is 32.5 Å².